The van der Waals surface area contributed by atoms with Crippen molar-refractivity contribution < 1.29 is 46.9 Å². The Kier molecular flexibility index (Phi) is 12.6. The van der Waals surface area contributed by atoms with Crippen molar-refractivity contribution in [3.63, 3.8) is 0 Å². The molecule has 0 saturated heterocycles. The summed E-state index contributed by atoms with van der Waals surface area (Å²) < 4.78 is 31.6. The van der Waals surface area contributed by atoms with E-state index in [1.165, 1.54) is 0 Å². The van der Waals surface area contributed by atoms with E-state index in [-0.39, 0.29) is 75.5 Å². The average molecular weight is 356 g/mol. The minimum atomic E-state index is -5.15. The van der Waals surface area contributed by atoms with E-state index >= 15 is 0 Å². The van der Waals surface area contributed by atoms with Crippen LogP contribution in [0.4, 0.5) is 0 Å². The normalized spacial score (nSPS) is 13.2. The summed E-state index contributed by atoms with van der Waals surface area (Å²) in [6.45, 7) is 0. The number of hydrogen-bond acceptors (Lipinski definition) is 7. The molecule has 4 N–H and O–H groups in total. The third-order valence-corrected chi connectivity index (χ3v) is 1.87. The monoisotopic (exact) mass is 356 g/mol. The number of carboxylic acids is 2. The van der Waals surface area contributed by atoms with Crippen molar-refractivity contribution in [2.75, 3.05) is 0 Å². The summed E-state index contributed by atoms with van der Waals surface area (Å²) in [5.74, 6) is -5.58. The molecule has 0 aromatic heterocycles. The number of carbonyl (C=O) groups excluding carboxylic acids is 1. The fraction of sp³-hybridized carbons (Fsp3) is 0.500. The van der Waals surface area contributed by atoms with Gasteiger partial charge in [0.15, 0.2) is 5.60 Å². The zero-order valence-corrected chi connectivity index (χ0v) is 8.88. The van der Waals surface area contributed by atoms with Gasteiger partial charge in [0, 0.05) is 0 Å². The van der Waals surface area contributed by atoms with Gasteiger partial charge in [0.05, 0.1) is 12.8 Å². The van der Waals surface area contributed by atoms with Crippen LogP contribution < -0.4 is 0 Å². The zero-order chi connectivity index (χ0) is 13.9. The predicted octanol–water partition coefficient (Wildman–Crippen LogP) is -3.82. The maximum absolute atomic E-state index is 10.8. The van der Waals surface area contributed by atoms with Gasteiger partial charge in [0.1, 0.15) is 0 Å². The van der Waals surface area contributed by atoms with Crippen molar-refractivity contribution in [1.82, 2.24) is 0 Å². The summed E-state index contributed by atoms with van der Waals surface area (Å²) >= 11 is 0. The molecule has 0 spiro atoms. The second kappa shape index (κ2) is 9.68. The molecule has 1 atom stereocenters. The molecule has 106 valence electrons. The molecular formula is C6H12Ca2O10S. The van der Waals surface area contributed by atoms with Crippen molar-refractivity contribution in [2.45, 2.75) is 18.4 Å². The third kappa shape index (κ3) is 11.2. The van der Waals surface area contributed by atoms with Gasteiger partial charge in [-0.15, -0.1) is 0 Å². The van der Waals surface area contributed by atoms with E-state index in [0.29, 0.717) is 0 Å². The van der Waals surface area contributed by atoms with E-state index in [0.717, 1.165) is 0 Å². The van der Waals surface area contributed by atoms with Crippen LogP contribution in [-0.2, 0) is 29.0 Å². The van der Waals surface area contributed by atoms with E-state index in [9.17, 15) is 27.9 Å². The topological polar surface area (TPSA) is 175 Å². The van der Waals surface area contributed by atoms with Gasteiger partial charge in [0.2, 0.25) is 0 Å². The van der Waals surface area contributed by atoms with Crippen LogP contribution in [0.15, 0.2) is 0 Å². The summed E-state index contributed by atoms with van der Waals surface area (Å²) in [7, 11) is -5.15. The molecule has 0 radical (unpaired) electrons. The average Bonchev–Trinajstić information content (AvgIpc) is 1.96. The second-order valence-corrected chi connectivity index (χ2v) is 3.99. The predicted molar refractivity (Wildman–Crippen MR) is 64.2 cm³/mol. The summed E-state index contributed by atoms with van der Waals surface area (Å²) in [6.07, 6.45) is -2.79. The van der Waals surface area contributed by atoms with Crippen LogP contribution in [0, 0.1) is 0 Å². The van der Waals surface area contributed by atoms with Gasteiger partial charge in [-0.05, 0) is 0 Å². The molecule has 0 bridgehead atoms. The van der Waals surface area contributed by atoms with Crippen molar-refractivity contribution >= 4 is 104 Å². The molecule has 0 saturated carbocycles. The van der Waals surface area contributed by atoms with E-state index in [1.54, 1.807) is 0 Å². The summed E-state index contributed by atoms with van der Waals surface area (Å²) in [5.41, 5.74) is -3.02. The molecule has 0 amide bonds. The molecule has 19 heavy (non-hydrogen) atoms. The van der Waals surface area contributed by atoms with Gasteiger partial charge in [-0.25, -0.2) is 4.79 Å². The molecular weight excluding hydrogens is 344 g/mol. The number of aliphatic carboxylic acids is 2. The van der Waals surface area contributed by atoms with E-state index < -0.39 is 46.7 Å². The quantitative estimate of drug-likeness (QED) is 0.272. The van der Waals surface area contributed by atoms with Gasteiger partial charge >= 0.3 is 104 Å². The van der Waals surface area contributed by atoms with Crippen LogP contribution in [0.3, 0.4) is 0 Å². The third-order valence-electron chi connectivity index (χ3n) is 1.48. The molecule has 13 heteroatoms. The molecule has 0 rings (SSSR count). The van der Waals surface area contributed by atoms with Crippen LogP contribution >= 0.6 is 0 Å². The number of hydrogen-bond donors (Lipinski definition) is 4. The van der Waals surface area contributed by atoms with E-state index in [2.05, 4.69) is 4.18 Å². The minimum absolute atomic E-state index is 0. The van der Waals surface area contributed by atoms with Gasteiger partial charge < -0.3 is 19.5 Å². The standard InChI is InChI=1S/C6H8O10S.2Ca.4H/c7-3(8)1-6(12,5(10)11)2-4(9)16-17(13,14)15;;;;;;/h12H,1-2H2,(H,7,8)(H,10,11)(H,13,14,15);;;;;;. The number of carbonyl (C=O) groups is 3. The molecule has 0 aliphatic carbocycles. The van der Waals surface area contributed by atoms with Crippen molar-refractivity contribution in [2.24, 2.45) is 0 Å². The Morgan fingerprint density at radius 2 is 1.47 bits per heavy atom. The number of carboxylic acid groups (broad SMARTS) is 2. The van der Waals surface area contributed by atoms with Gasteiger partial charge in [0.25, 0.3) is 0 Å². The summed E-state index contributed by atoms with van der Waals surface area (Å²) in [6, 6.07) is 0. The Morgan fingerprint density at radius 1 is 1.05 bits per heavy atom. The first-order valence-corrected chi connectivity index (χ1v) is 5.20. The first kappa shape index (κ1) is 24.8. The van der Waals surface area contributed by atoms with Crippen molar-refractivity contribution in [3.05, 3.63) is 0 Å². The van der Waals surface area contributed by atoms with Crippen LogP contribution in [0.5, 0.6) is 0 Å². The molecule has 10 nitrogen and oxygen atoms in total. The summed E-state index contributed by atoms with van der Waals surface area (Å²) in [5, 5.41) is 26.1. The fourth-order valence-electron chi connectivity index (χ4n) is 0.850. The Balaban J connectivity index is -0.00000128. The van der Waals surface area contributed by atoms with Crippen LogP contribution in [0.25, 0.3) is 0 Å². The Labute approximate surface area is 167 Å². The van der Waals surface area contributed by atoms with Crippen molar-refractivity contribution in [1.29, 1.82) is 0 Å². The molecule has 1 unspecified atom stereocenters. The number of rotatable bonds is 6. The fourth-order valence-corrected chi connectivity index (χ4v) is 1.14. The Morgan fingerprint density at radius 3 is 1.74 bits per heavy atom. The Hall–Kier alpha value is 0.799. The van der Waals surface area contributed by atoms with Gasteiger partial charge in [-0.1, -0.05) is 0 Å². The zero-order valence-electron chi connectivity index (χ0n) is 8.06. The second-order valence-electron chi connectivity index (χ2n) is 2.97. The Bertz CT molecular complexity index is 445. The molecule has 0 heterocycles. The first-order chi connectivity index (χ1) is 7.46. The van der Waals surface area contributed by atoms with Crippen LogP contribution in [0.2, 0.25) is 0 Å². The first-order valence-electron chi connectivity index (χ1n) is 3.83. The van der Waals surface area contributed by atoms with Gasteiger partial charge in [-0.2, -0.15) is 8.42 Å². The maximum atomic E-state index is 10.8. The van der Waals surface area contributed by atoms with Gasteiger partial charge in [-0.3, -0.25) is 14.1 Å². The summed E-state index contributed by atoms with van der Waals surface area (Å²) in [4.78, 5) is 31.6. The SMILES string of the molecule is O=C(O)CC(O)(CC(=O)OS(=O)(=O)O)C(=O)O.[CaH2].[CaH2]. The molecule has 0 fully saturated rings. The van der Waals surface area contributed by atoms with E-state index in [4.69, 9.17) is 14.8 Å². The number of aliphatic hydroxyl groups is 1. The van der Waals surface area contributed by atoms with Crippen molar-refractivity contribution in [3.8, 4) is 0 Å². The molecule has 0 aromatic carbocycles. The molecule has 0 aliphatic rings. The molecule has 0 aliphatic heterocycles. The van der Waals surface area contributed by atoms with E-state index in [1.807, 2.05) is 0 Å². The van der Waals surface area contributed by atoms with Crippen LogP contribution in [0.1, 0.15) is 12.8 Å². The molecule has 0 aromatic rings. The van der Waals surface area contributed by atoms with Crippen LogP contribution in [-0.4, -0.2) is 127 Å².